The molecule has 0 spiro atoms. The maximum atomic E-state index is 12.1. The zero-order valence-electron chi connectivity index (χ0n) is 17.2. The molecule has 6 heteroatoms. The van der Waals surface area contributed by atoms with E-state index >= 15 is 0 Å². The molecule has 0 aromatic heterocycles. The van der Waals surface area contributed by atoms with Gasteiger partial charge < -0.3 is 4.74 Å². The summed E-state index contributed by atoms with van der Waals surface area (Å²) >= 11 is 0. The first-order valence-electron chi connectivity index (χ1n) is 10.3. The maximum Gasteiger partial charge on any atom is 0.265 e. The van der Waals surface area contributed by atoms with Gasteiger partial charge in [0.05, 0.1) is 13.4 Å². The highest BCUT2D eigenvalue weighted by Crippen LogP contribution is 2.51. The summed E-state index contributed by atoms with van der Waals surface area (Å²) in [6, 6.07) is 16.8. The van der Waals surface area contributed by atoms with Crippen LogP contribution in [0.1, 0.15) is 36.0 Å². The molecule has 1 aliphatic heterocycles. The first kappa shape index (κ1) is 20.4. The largest absolute Gasteiger partial charge is 0.496 e. The fourth-order valence-corrected chi connectivity index (χ4v) is 5.93. The molecular weight excluding hydrogens is 386 g/mol. The summed E-state index contributed by atoms with van der Waals surface area (Å²) in [4.78, 5) is 2.25. The zero-order chi connectivity index (χ0) is 20.6. The van der Waals surface area contributed by atoms with E-state index in [1.807, 2.05) is 18.2 Å². The van der Waals surface area contributed by atoms with Crippen molar-refractivity contribution in [3.05, 3.63) is 65.2 Å². The van der Waals surface area contributed by atoms with Gasteiger partial charge in [-0.1, -0.05) is 49.4 Å². The van der Waals surface area contributed by atoms with Gasteiger partial charge in [-0.05, 0) is 54.5 Å². The van der Waals surface area contributed by atoms with Gasteiger partial charge in [0.1, 0.15) is 12.0 Å². The summed E-state index contributed by atoms with van der Waals surface area (Å²) < 4.78 is 35.6. The zero-order valence-corrected chi connectivity index (χ0v) is 18.1. The highest BCUT2D eigenvalue weighted by molar-refractivity contribution is 7.86. The second kappa shape index (κ2) is 8.09. The third-order valence-electron chi connectivity index (χ3n) is 6.42. The van der Waals surface area contributed by atoms with E-state index in [1.54, 1.807) is 7.11 Å². The molecule has 5 nitrogen and oxygen atoms in total. The predicted molar refractivity (Wildman–Crippen MR) is 114 cm³/mol. The van der Waals surface area contributed by atoms with Crippen molar-refractivity contribution in [1.82, 2.24) is 4.90 Å². The standard InChI is InChI=1S/C23H29NO4S/c1-4-24-20(15-16-9-6-5-7-10-16)19-14-13-17-18(11-8-12-21(17)27-2)22(19)23(24)28-29(3,25)26/h5-12,19-20,22-23H,4,13-15H2,1-3H3. The molecule has 4 unspecified atom stereocenters. The van der Waals surface area contributed by atoms with Crippen LogP contribution < -0.4 is 4.74 Å². The molecule has 1 aliphatic carbocycles. The van der Waals surface area contributed by atoms with E-state index in [2.05, 4.69) is 42.2 Å². The van der Waals surface area contributed by atoms with E-state index in [-0.39, 0.29) is 12.0 Å². The Morgan fingerprint density at radius 3 is 2.52 bits per heavy atom. The van der Waals surface area contributed by atoms with Gasteiger partial charge in [-0.3, -0.25) is 9.08 Å². The number of ether oxygens (including phenoxy) is 1. The monoisotopic (exact) mass is 415 g/mol. The minimum absolute atomic E-state index is 0.0113. The molecule has 156 valence electrons. The number of fused-ring (bicyclic) bond motifs is 3. The van der Waals surface area contributed by atoms with Crippen LogP contribution in [0.25, 0.3) is 0 Å². The summed E-state index contributed by atoms with van der Waals surface area (Å²) in [6.45, 7) is 2.82. The fraction of sp³-hybridized carbons (Fsp3) is 0.478. The Hall–Kier alpha value is -1.89. The maximum absolute atomic E-state index is 12.1. The normalized spacial score (nSPS) is 26.7. The van der Waals surface area contributed by atoms with Crippen LogP contribution in [0.4, 0.5) is 0 Å². The molecule has 2 aromatic rings. The average molecular weight is 416 g/mol. The minimum Gasteiger partial charge on any atom is -0.496 e. The van der Waals surface area contributed by atoms with E-state index < -0.39 is 16.3 Å². The first-order valence-corrected chi connectivity index (χ1v) is 12.1. The quantitative estimate of drug-likeness (QED) is 0.675. The van der Waals surface area contributed by atoms with E-state index in [9.17, 15) is 8.42 Å². The number of likely N-dealkylation sites (tertiary alicyclic amines) is 1. The lowest BCUT2D eigenvalue weighted by atomic mass is 9.73. The molecule has 0 radical (unpaired) electrons. The number of rotatable bonds is 6. The van der Waals surface area contributed by atoms with Gasteiger partial charge in [-0.25, -0.2) is 0 Å². The smallest absolute Gasteiger partial charge is 0.265 e. The topological polar surface area (TPSA) is 55.8 Å². The van der Waals surface area contributed by atoms with Gasteiger partial charge in [0.25, 0.3) is 10.1 Å². The van der Waals surface area contributed by atoms with Crippen LogP contribution in [0.3, 0.4) is 0 Å². The van der Waals surface area contributed by atoms with Crippen molar-refractivity contribution in [3.8, 4) is 5.75 Å². The van der Waals surface area contributed by atoms with E-state index in [0.717, 1.165) is 37.8 Å². The lowest BCUT2D eigenvalue weighted by Gasteiger charge is -2.32. The Labute approximate surface area is 173 Å². The third-order valence-corrected chi connectivity index (χ3v) is 6.96. The lowest BCUT2D eigenvalue weighted by Crippen LogP contribution is -2.41. The van der Waals surface area contributed by atoms with Crippen molar-refractivity contribution in [3.63, 3.8) is 0 Å². The van der Waals surface area contributed by atoms with Crippen LogP contribution in [0, 0.1) is 5.92 Å². The van der Waals surface area contributed by atoms with Crippen LogP contribution in [-0.2, 0) is 27.1 Å². The number of methoxy groups -OCH3 is 1. The van der Waals surface area contributed by atoms with E-state index in [4.69, 9.17) is 8.92 Å². The molecule has 2 aliphatic rings. The number of hydrogen-bond acceptors (Lipinski definition) is 5. The SMILES string of the molecule is CCN1C(Cc2ccccc2)C2CCc3c(OC)cccc3C2C1OS(C)(=O)=O. The van der Waals surface area contributed by atoms with Gasteiger partial charge in [0.2, 0.25) is 0 Å². The number of hydrogen-bond donors (Lipinski definition) is 0. The summed E-state index contributed by atoms with van der Waals surface area (Å²) in [7, 11) is -1.90. The molecule has 2 aromatic carbocycles. The second-order valence-electron chi connectivity index (χ2n) is 8.03. The first-order chi connectivity index (χ1) is 13.9. The summed E-state index contributed by atoms with van der Waals surface area (Å²) in [5.74, 6) is 1.23. The van der Waals surface area contributed by atoms with Gasteiger partial charge in [-0.15, -0.1) is 0 Å². The van der Waals surface area contributed by atoms with Crippen molar-refractivity contribution in [1.29, 1.82) is 0 Å². The van der Waals surface area contributed by atoms with Crippen molar-refractivity contribution in [2.75, 3.05) is 19.9 Å². The molecule has 1 saturated heterocycles. The van der Waals surface area contributed by atoms with Gasteiger partial charge in [0, 0.05) is 12.0 Å². The number of benzene rings is 2. The number of nitrogens with zero attached hydrogens (tertiary/aromatic N) is 1. The Balaban J connectivity index is 1.78. The van der Waals surface area contributed by atoms with Crippen LogP contribution >= 0.6 is 0 Å². The molecule has 0 amide bonds. The molecular formula is C23H29NO4S. The molecule has 4 rings (SSSR count). The molecule has 29 heavy (non-hydrogen) atoms. The summed E-state index contributed by atoms with van der Waals surface area (Å²) in [6.07, 6.45) is 3.49. The molecule has 4 atom stereocenters. The van der Waals surface area contributed by atoms with Gasteiger partial charge in [-0.2, -0.15) is 8.42 Å². The molecule has 1 fully saturated rings. The third kappa shape index (κ3) is 3.93. The lowest BCUT2D eigenvalue weighted by molar-refractivity contribution is 0.0391. The summed E-state index contributed by atoms with van der Waals surface area (Å²) in [5, 5.41) is 0. The second-order valence-corrected chi connectivity index (χ2v) is 9.64. The molecule has 0 saturated carbocycles. The van der Waals surface area contributed by atoms with Gasteiger partial charge in [0.15, 0.2) is 0 Å². The van der Waals surface area contributed by atoms with Crippen LogP contribution in [0.15, 0.2) is 48.5 Å². The predicted octanol–water partition coefficient (Wildman–Crippen LogP) is 3.59. The van der Waals surface area contributed by atoms with Crippen LogP contribution in [0.5, 0.6) is 5.75 Å². The molecule has 1 heterocycles. The van der Waals surface area contributed by atoms with Crippen molar-refractivity contribution in [2.45, 2.75) is 44.4 Å². The fourth-order valence-electron chi connectivity index (χ4n) is 5.35. The average Bonchev–Trinajstić information content (AvgIpc) is 2.99. The van der Waals surface area contributed by atoms with Crippen molar-refractivity contribution < 1.29 is 17.3 Å². The van der Waals surface area contributed by atoms with E-state index in [1.165, 1.54) is 16.7 Å². The summed E-state index contributed by atoms with van der Waals surface area (Å²) in [5.41, 5.74) is 3.63. The Morgan fingerprint density at radius 2 is 1.86 bits per heavy atom. The Kier molecular flexibility index (Phi) is 5.69. The van der Waals surface area contributed by atoms with Crippen LogP contribution in [0.2, 0.25) is 0 Å². The minimum atomic E-state index is -3.59. The van der Waals surface area contributed by atoms with Crippen molar-refractivity contribution in [2.24, 2.45) is 5.92 Å². The highest BCUT2D eigenvalue weighted by atomic mass is 32.2. The van der Waals surface area contributed by atoms with Crippen LogP contribution in [-0.4, -0.2) is 45.5 Å². The van der Waals surface area contributed by atoms with E-state index in [0.29, 0.717) is 5.92 Å². The van der Waals surface area contributed by atoms with Gasteiger partial charge >= 0.3 is 0 Å². The Bertz CT molecular complexity index is 960. The molecule has 0 bridgehead atoms. The Morgan fingerprint density at radius 1 is 1.10 bits per heavy atom. The highest BCUT2D eigenvalue weighted by Gasteiger charge is 2.52. The van der Waals surface area contributed by atoms with Crippen molar-refractivity contribution >= 4 is 10.1 Å². The molecule has 0 N–H and O–H groups in total. The number of likely N-dealkylation sites (N-methyl/N-ethyl adjacent to an activating group) is 1.